The van der Waals surface area contributed by atoms with Gasteiger partial charge in [0.25, 0.3) is 0 Å². The van der Waals surface area contributed by atoms with Crippen LogP contribution in [0.15, 0.2) is 18.3 Å². The molecular formula is C14H15F3N4. The van der Waals surface area contributed by atoms with Crippen molar-refractivity contribution in [3.8, 4) is 0 Å². The Bertz CT molecular complexity index is 678. The van der Waals surface area contributed by atoms with Crippen LogP contribution in [-0.2, 0) is 6.18 Å². The number of fused-ring (bicyclic) bond motifs is 2. The van der Waals surface area contributed by atoms with Crippen molar-refractivity contribution in [3.63, 3.8) is 0 Å². The molecule has 1 aliphatic carbocycles. The van der Waals surface area contributed by atoms with Crippen LogP contribution in [0.1, 0.15) is 36.7 Å². The summed E-state index contributed by atoms with van der Waals surface area (Å²) >= 11 is 0. The maximum Gasteiger partial charge on any atom is 0.417 e. The minimum absolute atomic E-state index is 0.0102. The van der Waals surface area contributed by atoms with Crippen LogP contribution in [0.5, 0.6) is 0 Å². The Morgan fingerprint density at radius 1 is 1.19 bits per heavy atom. The number of rotatable bonds is 1. The Labute approximate surface area is 119 Å². The minimum atomic E-state index is -4.35. The van der Waals surface area contributed by atoms with Gasteiger partial charge in [-0.05, 0) is 43.4 Å². The van der Waals surface area contributed by atoms with Crippen molar-refractivity contribution in [3.05, 3.63) is 29.7 Å². The van der Waals surface area contributed by atoms with Crippen LogP contribution in [0.4, 0.5) is 13.2 Å². The Morgan fingerprint density at radius 3 is 2.86 bits per heavy atom. The van der Waals surface area contributed by atoms with Crippen molar-refractivity contribution >= 4 is 5.65 Å². The fourth-order valence-corrected chi connectivity index (χ4v) is 3.76. The molecule has 0 radical (unpaired) electrons. The van der Waals surface area contributed by atoms with Crippen LogP contribution in [0.25, 0.3) is 5.65 Å². The largest absolute Gasteiger partial charge is 0.417 e. The van der Waals surface area contributed by atoms with Gasteiger partial charge in [-0.25, -0.2) is 0 Å². The normalized spacial score (nSPS) is 29.2. The highest BCUT2D eigenvalue weighted by atomic mass is 19.4. The summed E-state index contributed by atoms with van der Waals surface area (Å²) in [6, 6.07) is 2.44. The van der Waals surface area contributed by atoms with Gasteiger partial charge in [-0.3, -0.25) is 4.40 Å². The van der Waals surface area contributed by atoms with E-state index < -0.39 is 11.7 Å². The molecule has 112 valence electrons. The molecule has 0 spiro atoms. The average molecular weight is 296 g/mol. The molecule has 3 heterocycles. The number of halogens is 3. The molecule has 0 amide bonds. The maximum absolute atomic E-state index is 12.9. The maximum atomic E-state index is 12.9. The van der Waals surface area contributed by atoms with E-state index in [-0.39, 0.29) is 6.04 Å². The Kier molecular flexibility index (Phi) is 2.76. The van der Waals surface area contributed by atoms with Gasteiger partial charge in [0.15, 0.2) is 11.5 Å². The number of nitrogens with zero attached hydrogens (tertiary/aromatic N) is 3. The zero-order valence-corrected chi connectivity index (χ0v) is 11.3. The molecule has 0 bridgehead atoms. The molecule has 1 saturated carbocycles. The first-order valence-corrected chi connectivity index (χ1v) is 7.19. The van der Waals surface area contributed by atoms with E-state index in [4.69, 9.17) is 0 Å². The molecule has 4 rings (SSSR count). The van der Waals surface area contributed by atoms with E-state index in [1.807, 2.05) is 0 Å². The Hall–Kier alpha value is -1.63. The van der Waals surface area contributed by atoms with E-state index in [2.05, 4.69) is 15.5 Å². The highest BCUT2D eigenvalue weighted by Gasteiger charge is 2.42. The highest BCUT2D eigenvalue weighted by molar-refractivity contribution is 5.40. The highest BCUT2D eigenvalue weighted by Crippen LogP contribution is 2.44. The number of aromatic nitrogens is 3. The molecule has 3 unspecified atom stereocenters. The molecule has 1 N–H and O–H groups in total. The lowest BCUT2D eigenvalue weighted by Crippen LogP contribution is -2.20. The fraction of sp³-hybridized carbons (Fsp3) is 0.571. The third kappa shape index (κ3) is 2.02. The SMILES string of the molecule is FC(F)(F)c1ccc2nnc(C3NCC4CCCC43)n2c1. The van der Waals surface area contributed by atoms with Crippen molar-refractivity contribution in [1.29, 1.82) is 0 Å². The monoisotopic (exact) mass is 296 g/mol. The molecule has 7 heteroatoms. The predicted octanol–water partition coefficient (Wildman–Crippen LogP) is 2.81. The molecule has 1 aliphatic heterocycles. The second-order valence-corrected chi connectivity index (χ2v) is 5.94. The summed E-state index contributed by atoms with van der Waals surface area (Å²) in [6.45, 7) is 0.920. The zero-order valence-electron chi connectivity index (χ0n) is 11.3. The van der Waals surface area contributed by atoms with Gasteiger partial charge in [0.05, 0.1) is 11.6 Å². The topological polar surface area (TPSA) is 42.2 Å². The lowest BCUT2D eigenvalue weighted by molar-refractivity contribution is -0.137. The van der Waals surface area contributed by atoms with Gasteiger partial charge >= 0.3 is 6.18 Å². The summed E-state index contributed by atoms with van der Waals surface area (Å²) < 4.78 is 40.1. The molecule has 2 aromatic rings. The summed E-state index contributed by atoms with van der Waals surface area (Å²) in [5.41, 5.74) is -0.210. The third-order valence-electron chi connectivity index (χ3n) is 4.78. The molecule has 1 saturated heterocycles. The van der Waals surface area contributed by atoms with Crippen molar-refractivity contribution < 1.29 is 13.2 Å². The quantitative estimate of drug-likeness (QED) is 0.880. The first-order chi connectivity index (χ1) is 10.0. The summed E-state index contributed by atoms with van der Waals surface area (Å²) in [7, 11) is 0. The van der Waals surface area contributed by atoms with Crippen molar-refractivity contribution in [2.75, 3.05) is 6.54 Å². The molecule has 2 fully saturated rings. The Morgan fingerprint density at radius 2 is 2.05 bits per heavy atom. The number of hydrogen-bond donors (Lipinski definition) is 1. The zero-order chi connectivity index (χ0) is 14.6. The van der Waals surface area contributed by atoms with Gasteiger partial charge in [-0.2, -0.15) is 13.2 Å². The van der Waals surface area contributed by atoms with Crippen LogP contribution in [0, 0.1) is 11.8 Å². The average Bonchev–Trinajstić information content (AvgIpc) is 3.10. The number of nitrogens with one attached hydrogen (secondary N) is 1. The van der Waals surface area contributed by atoms with Gasteiger partial charge in [0.1, 0.15) is 0 Å². The van der Waals surface area contributed by atoms with Crippen LogP contribution in [0.3, 0.4) is 0 Å². The van der Waals surface area contributed by atoms with E-state index in [1.54, 1.807) is 0 Å². The van der Waals surface area contributed by atoms with E-state index in [9.17, 15) is 13.2 Å². The van der Waals surface area contributed by atoms with Crippen LogP contribution in [0.2, 0.25) is 0 Å². The van der Waals surface area contributed by atoms with Crippen molar-refractivity contribution in [2.45, 2.75) is 31.5 Å². The van der Waals surface area contributed by atoms with Crippen molar-refractivity contribution in [1.82, 2.24) is 19.9 Å². The molecule has 3 atom stereocenters. The second-order valence-electron chi connectivity index (χ2n) is 5.94. The lowest BCUT2D eigenvalue weighted by Gasteiger charge is -2.16. The number of pyridine rings is 1. The summed E-state index contributed by atoms with van der Waals surface area (Å²) in [5, 5.41) is 11.6. The minimum Gasteiger partial charge on any atom is -0.307 e. The van der Waals surface area contributed by atoms with Gasteiger partial charge < -0.3 is 5.32 Å². The first kappa shape index (κ1) is 13.1. The molecule has 2 aromatic heterocycles. The second kappa shape index (κ2) is 4.43. The number of alkyl halides is 3. The van der Waals surface area contributed by atoms with Crippen LogP contribution < -0.4 is 5.32 Å². The Balaban J connectivity index is 1.78. The molecule has 2 aliphatic rings. The van der Waals surface area contributed by atoms with Gasteiger partial charge in [-0.1, -0.05) is 6.42 Å². The lowest BCUT2D eigenvalue weighted by atomic mass is 9.94. The van der Waals surface area contributed by atoms with Crippen LogP contribution >= 0.6 is 0 Å². The van der Waals surface area contributed by atoms with E-state index >= 15 is 0 Å². The van der Waals surface area contributed by atoms with E-state index in [0.29, 0.717) is 23.3 Å². The summed E-state index contributed by atoms with van der Waals surface area (Å²) in [4.78, 5) is 0. The fourth-order valence-electron chi connectivity index (χ4n) is 3.76. The van der Waals surface area contributed by atoms with Crippen LogP contribution in [-0.4, -0.2) is 21.1 Å². The molecule has 0 aromatic carbocycles. The predicted molar refractivity (Wildman–Crippen MR) is 69.6 cm³/mol. The molecular weight excluding hydrogens is 281 g/mol. The van der Waals surface area contributed by atoms with Gasteiger partial charge in [-0.15, -0.1) is 10.2 Å². The van der Waals surface area contributed by atoms with Gasteiger partial charge in [0, 0.05) is 6.20 Å². The van der Waals surface area contributed by atoms with Crippen molar-refractivity contribution in [2.24, 2.45) is 11.8 Å². The standard InChI is InChI=1S/C14H15F3N4/c15-14(16,17)9-4-5-11-19-20-13(21(11)7-9)12-10-3-1-2-8(10)6-18-12/h4-5,7-8,10,12,18H,1-3,6H2. The smallest absolute Gasteiger partial charge is 0.307 e. The number of hydrogen-bond acceptors (Lipinski definition) is 3. The van der Waals surface area contributed by atoms with E-state index in [0.717, 1.165) is 25.2 Å². The summed E-state index contributed by atoms with van der Waals surface area (Å²) in [5.74, 6) is 1.69. The molecule has 21 heavy (non-hydrogen) atoms. The summed E-state index contributed by atoms with van der Waals surface area (Å²) in [6.07, 6.45) is 0.246. The van der Waals surface area contributed by atoms with E-state index in [1.165, 1.54) is 23.3 Å². The third-order valence-corrected chi connectivity index (χ3v) is 4.78. The van der Waals surface area contributed by atoms with Gasteiger partial charge in [0.2, 0.25) is 0 Å². The first-order valence-electron chi connectivity index (χ1n) is 7.19. The molecule has 4 nitrogen and oxygen atoms in total.